The van der Waals surface area contributed by atoms with Crippen molar-refractivity contribution >= 4 is 12.3 Å². The van der Waals surface area contributed by atoms with Crippen molar-refractivity contribution in [3.8, 4) is 0 Å². The summed E-state index contributed by atoms with van der Waals surface area (Å²) in [6, 6.07) is 0. The maximum absolute atomic E-state index is 11.6. The molecule has 2 rings (SSSR count). The van der Waals surface area contributed by atoms with Crippen LogP contribution < -0.4 is 0 Å². The first-order chi connectivity index (χ1) is 11.8. The Morgan fingerprint density at radius 1 is 1.36 bits per heavy atom. The minimum absolute atomic E-state index is 0.00954. The first-order valence-corrected chi connectivity index (χ1v) is 9.47. The highest BCUT2D eigenvalue weighted by atomic mass is 16.5. The van der Waals surface area contributed by atoms with Crippen molar-refractivity contribution in [3.63, 3.8) is 0 Å². The van der Waals surface area contributed by atoms with E-state index in [9.17, 15) is 9.59 Å². The zero-order valence-electron chi connectivity index (χ0n) is 16.1. The fourth-order valence-electron chi connectivity index (χ4n) is 4.38. The van der Waals surface area contributed by atoms with Gasteiger partial charge >= 0.3 is 5.97 Å². The molecule has 0 aromatic carbocycles. The largest absolute Gasteiger partial charge is 0.461 e. The van der Waals surface area contributed by atoms with Crippen LogP contribution in [-0.2, 0) is 14.3 Å². The van der Waals surface area contributed by atoms with E-state index in [1.807, 2.05) is 6.08 Å². The Balaban J connectivity index is 2.20. The minimum Gasteiger partial charge on any atom is -0.461 e. The molecule has 0 aromatic rings. The van der Waals surface area contributed by atoms with Crippen LogP contribution in [0.4, 0.5) is 0 Å². The highest BCUT2D eigenvalue weighted by molar-refractivity contribution is 5.75. The van der Waals surface area contributed by atoms with Crippen LogP contribution >= 0.6 is 0 Å². The lowest BCUT2D eigenvalue weighted by molar-refractivity contribution is -0.151. The van der Waals surface area contributed by atoms with Crippen LogP contribution in [0.1, 0.15) is 59.8 Å². The molecule has 0 aromatic heterocycles. The van der Waals surface area contributed by atoms with Crippen LogP contribution in [0.2, 0.25) is 0 Å². The van der Waals surface area contributed by atoms with Gasteiger partial charge in [0, 0.05) is 18.8 Å². The molecule has 0 spiro atoms. The SMILES string of the molecule is C=C1CC(C(C)CCC=C(C)C)CC2C(C=O)=CCC1C2OC(C)=O. The highest BCUT2D eigenvalue weighted by Gasteiger charge is 2.43. The summed E-state index contributed by atoms with van der Waals surface area (Å²) in [4.78, 5) is 23.2. The van der Waals surface area contributed by atoms with E-state index in [1.54, 1.807) is 0 Å². The third kappa shape index (κ3) is 4.93. The lowest BCUT2D eigenvalue weighted by Gasteiger charge is -2.35. The van der Waals surface area contributed by atoms with Gasteiger partial charge in [0.25, 0.3) is 0 Å². The molecule has 0 heterocycles. The molecule has 25 heavy (non-hydrogen) atoms. The average Bonchev–Trinajstić information content (AvgIpc) is 2.61. The summed E-state index contributed by atoms with van der Waals surface area (Å²) in [6.45, 7) is 12.3. The number of hydrogen-bond donors (Lipinski definition) is 0. The van der Waals surface area contributed by atoms with Crippen LogP contribution in [-0.4, -0.2) is 18.4 Å². The van der Waals surface area contributed by atoms with E-state index < -0.39 is 0 Å². The van der Waals surface area contributed by atoms with Gasteiger partial charge in [-0.05, 0) is 63.4 Å². The molecular formula is C22H32O3. The lowest BCUT2D eigenvalue weighted by Crippen LogP contribution is -2.37. The number of ether oxygens (including phenoxy) is 1. The zero-order chi connectivity index (χ0) is 18.6. The van der Waals surface area contributed by atoms with Gasteiger partial charge < -0.3 is 4.74 Å². The highest BCUT2D eigenvalue weighted by Crippen LogP contribution is 2.46. The van der Waals surface area contributed by atoms with Gasteiger partial charge in [-0.2, -0.15) is 0 Å². The van der Waals surface area contributed by atoms with E-state index in [1.165, 1.54) is 18.1 Å². The summed E-state index contributed by atoms with van der Waals surface area (Å²) in [6.07, 6.45) is 9.89. The van der Waals surface area contributed by atoms with Crippen molar-refractivity contribution in [3.05, 3.63) is 35.5 Å². The molecule has 1 fully saturated rings. The smallest absolute Gasteiger partial charge is 0.302 e. The number of carbonyl (C=O) groups excluding carboxylic acids is 2. The van der Waals surface area contributed by atoms with Crippen molar-refractivity contribution in [1.29, 1.82) is 0 Å². The second-order valence-corrected chi connectivity index (χ2v) is 8.04. The summed E-state index contributed by atoms with van der Waals surface area (Å²) < 4.78 is 5.67. The van der Waals surface area contributed by atoms with Gasteiger partial charge in [0.1, 0.15) is 12.4 Å². The molecule has 0 N–H and O–H groups in total. The monoisotopic (exact) mass is 344 g/mol. The van der Waals surface area contributed by atoms with Crippen molar-refractivity contribution < 1.29 is 14.3 Å². The topological polar surface area (TPSA) is 43.4 Å². The maximum atomic E-state index is 11.6. The average molecular weight is 344 g/mol. The first-order valence-electron chi connectivity index (χ1n) is 9.47. The molecule has 0 radical (unpaired) electrons. The van der Waals surface area contributed by atoms with Crippen LogP contribution in [0.25, 0.3) is 0 Å². The zero-order valence-corrected chi connectivity index (χ0v) is 16.1. The van der Waals surface area contributed by atoms with E-state index in [0.29, 0.717) is 11.8 Å². The van der Waals surface area contributed by atoms with E-state index in [2.05, 4.69) is 33.4 Å². The van der Waals surface area contributed by atoms with E-state index in [-0.39, 0.29) is 23.9 Å². The summed E-state index contributed by atoms with van der Waals surface area (Å²) in [5, 5.41) is 0. The summed E-state index contributed by atoms with van der Waals surface area (Å²) in [7, 11) is 0. The first kappa shape index (κ1) is 19.7. The molecule has 2 aliphatic carbocycles. The van der Waals surface area contributed by atoms with Crippen LogP contribution in [0.15, 0.2) is 35.5 Å². The lowest BCUT2D eigenvalue weighted by atomic mass is 9.75. The fraction of sp³-hybridized carbons (Fsp3) is 0.636. The van der Waals surface area contributed by atoms with Gasteiger partial charge in [-0.25, -0.2) is 0 Å². The second-order valence-electron chi connectivity index (χ2n) is 8.04. The van der Waals surface area contributed by atoms with Crippen molar-refractivity contribution in [2.24, 2.45) is 23.7 Å². The normalized spacial score (nSPS) is 29.9. The fourth-order valence-corrected chi connectivity index (χ4v) is 4.38. The molecule has 5 atom stereocenters. The molecule has 0 amide bonds. The predicted octanol–water partition coefficient (Wildman–Crippen LogP) is 5.03. The third-order valence-electron chi connectivity index (χ3n) is 5.85. The van der Waals surface area contributed by atoms with Crippen LogP contribution in [0, 0.1) is 23.7 Å². The minimum atomic E-state index is -0.269. The standard InChI is InChI=1S/C22H32O3/c1-14(2)7-6-8-15(3)19-11-16(4)20-10-9-18(13-23)21(12-19)22(20)25-17(5)24/h7,9,13,15,19-22H,4,6,8,10-12H2,1-3,5H3. The number of hydrogen-bond acceptors (Lipinski definition) is 3. The van der Waals surface area contributed by atoms with E-state index in [0.717, 1.165) is 44.0 Å². The maximum Gasteiger partial charge on any atom is 0.302 e. The number of allylic oxidation sites excluding steroid dienone is 3. The number of fused-ring (bicyclic) bond motifs is 2. The summed E-state index contributed by atoms with van der Waals surface area (Å²) >= 11 is 0. The quantitative estimate of drug-likeness (QED) is 0.386. The molecule has 2 aliphatic rings. The molecule has 138 valence electrons. The van der Waals surface area contributed by atoms with Gasteiger partial charge in [0.15, 0.2) is 0 Å². The molecule has 3 heteroatoms. The second kappa shape index (κ2) is 8.64. The van der Waals surface area contributed by atoms with Gasteiger partial charge in [0.05, 0.1) is 0 Å². The van der Waals surface area contributed by atoms with E-state index in [4.69, 9.17) is 4.74 Å². The van der Waals surface area contributed by atoms with Crippen molar-refractivity contribution in [1.82, 2.24) is 0 Å². The Hall–Kier alpha value is -1.64. The Morgan fingerprint density at radius 2 is 2.08 bits per heavy atom. The van der Waals surface area contributed by atoms with Gasteiger partial charge in [0.2, 0.25) is 0 Å². The number of rotatable bonds is 6. The molecule has 1 saturated carbocycles. The van der Waals surface area contributed by atoms with E-state index >= 15 is 0 Å². The van der Waals surface area contributed by atoms with Gasteiger partial charge in [-0.15, -0.1) is 0 Å². The van der Waals surface area contributed by atoms with Gasteiger partial charge in [-0.3, -0.25) is 9.59 Å². The van der Waals surface area contributed by atoms with Crippen LogP contribution in [0.3, 0.4) is 0 Å². The number of esters is 1. The Bertz CT molecular complexity index is 580. The van der Waals surface area contributed by atoms with Crippen LogP contribution in [0.5, 0.6) is 0 Å². The van der Waals surface area contributed by atoms with Crippen molar-refractivity contribution in [2.45, 2.75) is 65.9 Å². The summed E-state index contributed by atoms with van der Waals surface area (Å²) in [5.74, 6) is 0.919. The number of aldehydes is 1. The van der Waals surface area contributed by atoms with Gasteiger partial charge in [-0.1, -0.05) is 36.8 Å². The molecule has 3 nitrogen and oxygen atoms in total. The molecule has 0 saturated heterocycles. The third-order valence-corrected chi connectivity index (χ3v) is 5.85. The molecule has 2 bridgehead atoms. The van der Waals surface area contributed by atoms with Crippen molar-refractivity contribution in [2.75, 3.05) is 0 Å². The Morgan fingerprint density at radius 3 is 2.68 bits per heavy atom. The molecular weight excluding hydrogens is 312 g/mol. The summed E-state index contributed by atoms with van der Waals surface area (Å²) in [5.41, 5.74) is 3.34. The Kier molecular flexibility index (Phi) is 6.80. The molecule has 0 aliphatic heterocycles. The molecule has 5 unspecified atom stereocenters. The number of carbonyl (C=O) groups is 2. The predicted molar refractivity (Wildman–Crippen MR) is 101 cm³/mol. The Labute approximate surface area is 152 Å².